The highest BCUT2D eigenvalue weighted by Gasteiger charge is 2.16. The van der Waals surface area contributed by atoms with Crippen molar-refractivity contribution >= 4 is 0 Å². The number of aryl methyl sites for hydroxylation is 1. The van der Waals surface area contributed by atoms with Crippen molar-refractivity contribution in [2.75, 3.05) is 19.6 Å². The minimum atomic E-state index is 1.14. The van der Waals surface area contributed by atoms with E-state index in [1.807, 2.05) is 0 Å². The van der Waals surface area contributed by atoms with Gasteiger partial charge in [-0.05, 0) is 51.6 Å². The molecule has 2 heterocycles. The average Bonchev–Trinajstić information content (AvgIpc) is 2.81. The van der Waals surface area contributed by atoms with Crippen LogP contribution in [0.4, 0.5) is 0 Å². The number of imidazole rings is 1. The number of likely N-dealkylation sites (tertiary alicyclic amines) is 1. The summed E-state index contributed by atoms with van der Waals surface area (Å²) in [5.74, 6) is 0. The molecule has 0 spiro atoms. The fourth-order valence-corrected chi connectivity index (χ4v) is 3.16. The molecule has 0 amide bonds. The lowest BCUT2D eigenvalue weighted by molar-refractivity contribution is 0.220. The molecule has 0 radical (unpaired) electrons. The second kappa shape index (κ2) is 5.21. The molecule has 0 unspecified atom stereocenters. The highest BCUT2D eigenvalue weighted by atomic mass is 15.2. The number of hydrogen-bond acceptors (Lipinski definition) is 2. The molecule has 94 valence electrons. The van der Waals surface area contributed by atoms with Gasteiger partial charge in [-0.3, -0.25) is 0 Å². The molecule has 1 saturated heterocycles. The number of fused-ring (bicyclic) bond motifs is 1. The van der Waals surface area contributed by atoms with Crippen molar-refractivity contribution in [1.29, 1.82) is 0 Å². The van der Waals surface area contributed by atoms with Crippen LogP contribution in [0.25, 0.3) is 0 Å². The fourth-order valence-electron chi connectivity index (χ4n) is 3.16. The topological polar surface area (TPSA) is 21.1 Å². The molecule has 1 aliphatic carbocycles. The van der Waals surface area contributed by atoms with Crippen LogP contribution in [-0.4, -0.2) is 34.1 Å². The van der Waals surface area contributed by atoms with Gasteiger partial charge in [-0.1, -0.05) is 6.42 Å². The van der Waals surface area contributed by atoms with Gasteiger partial charge in [0.1, 0.15) is 0 Å². The fraction of sp³-hybridized carbons (Fsp3) is 0.786. The number of hydrogen-bond donors (Lipinski definition) is 0. The van der Waals surface area contributed by atoms with Crippen molar-refractivity contribution < 1.29 is 0 Å². The molecule has 0 saturated carbocycles. The molecule has 1 aromatic heterocycles. The summed E-state index contributed by atoms with van der Waals surface area (Å²) in [5.41, 5.74) is 2.89. The van der Waals surface area contributed by atoms with Crippen LogP contribution in [0, 0.1) is 0 Å². The van der Waals surface area contributed by atoms with E-state index in [1.165, 1.54) is 76.0 Å². The van der Waals surface area contributed by atoms with E-state index in [2.05, 4.69) is 20.8 Å². The Morgan fingerprint density at radius 2 is 1.76 bits per heavy atom. The van der Waals surface area contributed by atoms with E-state index < -0.39 is 0 Å². The Bertz CT molecular complexity index is 364. The van der Waals surface area contributed by atoms with Gasteiger partial charge in [0.15, 0.2) is 0 Å². The van der Waals surface area contributed by atoms with Crippen LogP contribution in [0.3, 0.4) is 0 Å². The van der Waals surface area contributed by atoms with Crippen LogP contribution >= 0.6 is 0 Å². The van der Waals surface area contributed by atoms with Crippen molar-refractivity contribution in [2.24, 2.45) is 0 Å². The van der Waals surface area contributed by atoms with Gasteiger partial charge in [0.2, 0.25) is 0 Å². The molecule has 1 aliphatic heterocycles. The zero-order valence-corrected chi connectivity index (χ0v) is 10.7. The predicted molar refractivity (Wildman–Crippen MR) is 69.2 cm³/mol. The maximum absolute atomic E-state index is 4.56. The highest BCUT2D eigenvalue weighted by Crippen LogP contribution is 2.20. The summed E-state index contributed by atoms with van der Waals surface area (Å²) in [6.07, 6.45) is 11.4. The van der Waals surface area contributed by atoms with Crippen LogP contribution in [-0.2, 0) is 19.4 Å². The minimum absolute atomic E-state index is 1.14. The Morgan fingerprint density at radius 3 is 2.65 bits per heavy atom. The SMILES string of the molecule is c1nc2c(n1CCN1CCCCC1)CCCC2. The molecule has 1 fully saturated rings. The standard InChI is InChI=1S/C14H23N3/c1-4-8-16(9-5-1)10-11-17-12-15-13-6-2-3-7-14(13)17/h12H,1-11H2. The quantitative estimate of drug-likeness (QED) is 0.798. The van der Waals surface area contributed by atoms with E-state index in [0.29, 0.717) is 0 Å². The van der Waals surface area contributed by atoms with Crippen molar-refractivity contribution in [1.82, 2.24) is 14.5 Å². The molecule has 0 aromatic carbocycles. The Hall–Kier alpha value is -0.830. The zero-order chi connectivity index (χ0) is 11.5. The summed E-state index contributed by atoms with van der Waals surface area (Å²) in [7, 11) is 0. The van der Waals surface area contributed by atoms with Crippen LogP contribution in [0.5, 0.6) is 0 Å². The first kappa shape index (κ1) is 11.3. The number of rotatable bonds is 3. The maximum Gasteiger partial charge on any atom is 0.0952 e. The molecule has 0 atom stereocenters. The van der Waals surface area contributed by atoms with Gasteiger partial charge in [-0.15, -0.1) is 0 Å². The lowest BCUT2D eigenvalue weighted by Gasteiger charge is -2.26. The largest absolute Gasteiger partial charge is 0.333 e. The second-order valence-corrected chi connectivity index (χ2v) is 5.44. The van der Waals surface area contributed by atoms with Gasteiger partial charge < -0.3 is 9.47 Å². The third-order valence-corrected chi connectivity index (χ3v) is 4.22. The predicted octanol–water partition coefficient (Wildman–Crippen LogP) is 2.25. The van der Waals surface area contributed by atoms with Crippen molar-refractivity contribution in [3.63, 3.8) is 0 Å². The van der Waals surface area contributed by atoms with Gasteiger partial charge in [0, 0.05) is 18.8 Å². The monoisotopic (exact) mass is 233 g/mol. The summed E-state index contributed by atoms with van der Waals surface area (Å²) in [5, 5.41) is 0. The Morgan fingerprint density at radius 1 is 0.941 bits per heavy atom. The summed E-state index contributed by atoms with van der Waals surface area (Å²) >= 11 is 0. The molecule has 2 aliphatic rings. The molecule has 0 N–H and O–H groups in total. The van der Waals surface area contributed by atoms with Gasteiger partial charge in [0.05, 0.1) is 12.0 Å². The summed E-state index contributed by atoms with van der Waals surface area (Å²) in [4.78, 5) is 7.17. The normalized spacial score (nSPS) is 21.4. The lowest BCUT2D eigenvalue weighted by atomic mass is 10.0. The van der Waals surface area contributed by atoms with Gasteiger partial charge >= 0.3 is 0 Å². The average molecular weight is 233 g/mol. The smallest absolute Gasteiger partial charge is 0.0952 e. The summed E-state index contributed by atoms with van der Waals surface area (Å²) in [6, 6.07) is 0. The van der Waals surface area contributed by atoms with Gasteiger partial charge in [-0.2, -0.15) is 0 Å². The van der Waals surface area contributed by atoms with Crippen molar-refractivity contribution in [3.8, 4) is 0 Å². The lowest BCUT2D eigenvalue weighted by Crippen LogP contribution is -2.32. The Kier molecular flexibility index (Phi) is 3.46. The number of nitrogens with zero attached hydrogens (tertiary/aromatic N) is 3. The molecular formula is C14H23N3. The first-order chi connectivity index (χ1) is 8.43. The van der Waals surface area contributed by atoms with Crippen molar-refractivity contribution in [3.05, 3.63) is 17.7 Å². The van der Waals surface area contributed by atoms with Crippen LogP contribution in [0.2, 0.25) is 0 Å². The third kappa shape index (κ3) is 2.54. The molecule has 17 heavy (non-hydrogen) atoms. The molecule has 3 rings (SSSR count). The summed E-state index contributed by atoms with van der Waals surface area (Å²) in [6.45, 7) is 4.96. The number of aromatic nitrogens is 2. The third-order valence-electron chi connectivity index (χ3n) is 4.22. The van der Waals surface area contributed by atoms with E-state index in [1.54, 1.807) is 0 Å². The molecule has 3 heteroatoms. The Labute approximate surface area is 104 Å². The Balaban J connectivity index is 1.59. The molecule has 0 bridgehead atoms. The van der Waals surface area contributed by atoms with Crippen LogP contribution in [0.1, 0.15) is 43.5 Å². The molecular weight excluding hydrogens is 210 g/mol. The zero-order valence-electron chi connectivity index (χ0n) is 10.7. The van der Waals surface area contributed by atoms with Crippen LogP contribution in [0.15, 0.2) is 6.33 Å². The maximum atomic E-state index is 4.56. The van der Waals surface area contributed by atoms with E-state index in [9.17, 15) is 0 Å². The minimum Gasteiger partial charge on any atom is -0.333 e. The molecule has 3 nitrogen and oxygen atoms in total. The van der Waals surface area contributed by atoms with E-state index in [-0.39, 0.29) is 0 Å². The molecule has 1 aromatic rings. The highest BCUT2D eigenvalue weighted by molar-refractivity contribution is 5.16. The van der Waals surface area contributed by atoms with Gasteiger partial charge in [0.25, 0.3) is 0 Å². The van der Waals surface area contributed by atoms with E-state index >= 15 is 0 Å². The van der Waals surface area contributed by atoms with Gasteiger partial charge in [-0.25, -0.2) is 4.98 Å². The number of piperidine rings is 1. The van der Waals surface area contributed by atoms with Crippen LogP contribution < -0.4 is 0 Å². The van der Waals surface area contributed by atoms with E-state index in [4.69, 9.17) is 0 Å². The first-order valence-electron chi connectivity index (χ1n) is 7.19. The summed E-state index contributed by atoms with van der Waals surface area (Å²) < 4.78 is 2.41. The van der Waals surface area contributed by atoms with Crippen molar-refractivity contribution in [2.45, 2.75) is 51.5 Å². The second-order valence-electron chi connectivity index (χ2n) is 5.44. The van der Waals surface area contributed by atoms with E-state index in [0.717, 1.165) is 6.54 Å². The first-order valence-corrected chi connectivity index (χ1v) is 7.19.